The molecule has 2 rings (SSSR count). The number of carbonyl (C=O) groups excluding carboxylic acids is 1. The minimum Gasteiger partial charge on any atom is -0.497 e. The van der Waals surface area contributed by atoms with Crippen molar-refractivity contribution in [2.24, 2.45) is 5.92 Å². The van der Waals surface area contributed by atoms with Crippen molar-refractivity contribution in [2.45, 2.75) is 25.7 Å². The van der Waals surface area contributed by atoms with Crippen LogP contribution >= 0.6 is 0 Å². The summed E-state index contributed by atoms with van der Waals surface area (Å²) in [4.78, 5) is 11.7. The van der Waals surface area contributed by atoms with E-state index < -0.39 is 0 Å². The van der Waals surface area contributed by atoms with Crippen molar-refractivity contribution in [3.8, 4) is 5.75 Å². The molecule has 2 atom stereocenters. The molecule has 1 aliphatic rings. The van der Waals surface area contributed by atoms with Gasteiger partial charge < -0.3 is 4.74 Å². The van der Waals surface area contributed by atoms with Crippen LogP contribution in [0.5, 0.6) is 5.75 Å². The first-order valence-electron chi connectivity index (χ1n) is 5.39. The van der Waals surface area contributed by atoms with Gasteiger partial charge in [0.15, 0.2) is 0 Å². The second-order valence-electron chi connectivity index (χ2n) is 4.23. The van der Waals surface area contributed by atoms with Crippen LogP contribution < -0.4 is 4.74 Å². The summed E-state index contributed by atoms with van der Waals surface area (Å²) in [6.07, 6.45) is 1.76. The van der Waals surface area contributed by atoms with Gasteiger partial charge in [-0.05, 0) is 30.0 Å². The van der Waals surface area contributed by atoms with E-state index in [2.05, 4.69) is 6.92 Å². The van der Waals surface area contributed by atoms with Crippen molar-refractivity contribution in [1.82, 2.24) is 0 Å². The number of ketones is 1. The van der Waals surface area contributed by atoms with Gasteiger partial charge >= 0.3 is 0 Å². The molecule has 2 nitrogen and oxygen atoms in total. The quantitative estimate of drug-likeness (QED) is 0.740. The molecule has 0 aromatic heterocycles. The summed E-state index contributed by atoms with van der Waals surface area (Å²) in [6.45, 7) is 2.15. The largest absolute Gasteiger partial charge is 0.497 e. The summed E-state index contributed by atoms with van der Waals surface area (Å²) < 4.78 is 5.10. The Labute approximate surface area is 90.3 Å². The van der Waals surface area contributed by atoms with Crippen LogP contribution in [0.3, 0.4) is 0 Å². The van der Waals surface area contributed by atoms with E-state index in [1.807, 2.05) is 24.3 Å². The highest BCUT2D eigenvalue weighted by molar-refractivity contribution is 5.88. The van der Waals surface area contributed by atoms with Crippen molar-refractivity contribution in [1.29, 1.82) is 0 Å². The van der Waals surface area contributed by atoms with Crippen LogP contribution in [0.4, 0.5) is 0 Å². The lowest BCUT2D eigenvalue weighted by molar-refractivity contribution is -0.118. The zero-order chi connectivity index (χ0) is 10.8. The van der Waals surface area contributed by atoms with Gasteiger partial charge in [-0.1, -0.05) is 19.1 Å². The molecule has 2 heteroatoms. The fourth-order valence-electron chi connectivity index (χ4n) is 2.34. The Kier molecular flexibility index (Phi) is 2.76. The maximum atomic E-state index is 11.7. The predicted molar refractivity (Wildman–Crippen MR) is 59.1 cm³/mol. The van der Waals surface area contributed by atoms with E-state index in [0.29, 0.717) is 11.7 Å². The van der Waals surface area contributed by atoms with E-state index in [9.17, 15) is 4.79 Å². The first-order chi connectivity index (χ1) is 7.22. The van der Waals surface area contributed by atoms with Gasteiger partial charge in [-0.2, -0.15) is 0 Å². The van der Waals surface area contributed by atoms with Crippen LogP contribution in [0, 0.1) is 5.92 Å². The summed E-state index contributed by atoms with van der Waals surface area (Å²) in [6, 6.07) is 7.85. The van der Waals surface area contributed by atoms with Crippen LogP contribution in [-0.2, 0) is 4.79 Å². The average Bonchev–Trinajstić information content (AvgIpc) is 2.59. The van der Waals surface area contributed by atoms with Gasteiger partial charge in [0, 0.05) is 12.3 Å². The number of hydrogen-bond donors (Lipinski definition) is 0. The molecule has 0 saturated heterocycles. The smallest absolute Gasteiger partial charge is 0.140 e. The molecule has 1 aromatic rings. The monoisotopic (exact) mass is 204 g/mol. The molecule has 0 aliphatic heterocycles. The molecular formula is C13H16O2. The molecule has 0 heterocycles. The van der Waals surface area contributed by atoms with Crippen molar-refractivity contribution in [3.05, 3.63) is 29.8 Å². The Morgan fingerprint density at radius 2 is 1.93 bits per heavy atom. The normalized spacial score (nSPS) is 25.6. The highest BCUT2D eigenvalue weighted by Crippen LogP contribution is 2.36. The summed E-state index contributed by atoms with van der Waals surface area (Å²) in [7, 11) is 1.65. The minimum absolute atomic E-state index is 0.107. The molecule has 0 N–H and O–H groups in total. The van der Waals surface area contributed by atoms with Crippen LogP contribution in [0.2, 0.25) is 0 Å². The SMILES string of the molecule is COc1ccc([C@H]2C(=O)CC[C@@H]2C)cc1. The van der Waals surface area contributed by atoms with Gasteiger partial charge in [-0.25, -0.2) is 0 Å². The number of rotatable bonds is 2. The Balaban J connectivity index is 2.25. The molecule has 15 heavy (non-hydrogen) atoms. The first kappa shape index (κ1) is 10.2. The molecule has 0 spiro atoms. The van der Waals surface area contributed by atoms with Gasteiger partial charge in [0.05, 0.1) is 7.11 Å². The van der Waals surface area contributed by atoms with Crippen molar-refractivity contribution in [3.63, 3.8) is 0 Å². The minimum atomic E-state index is 0.107. The number of hydrogen-bond acceptors (Lipinski definition) is 2. The molecule has 80 valence electrons. The predicted octanol–water partition coefficient (Wildman–Crippen LogP) is 2.78. The molecule has 0 unspecified atom stereocenters. The zero-order valence-electron chi connectivity index (χ0n) is 9.19. The summed E-state index contributed by atoms with van der Waals surface area (Å²) in [5.74, 6) is 1.81. The van der Waals surface area contributed by atoms with E-state index in [0.717, 1.165) is 24.2 Å². The van der Waals surface area contributed by atoms with E-state index in [-0.39, 0.29) is 5.92 Å². The molecule has 1 aromatic carbocycles. The number of ether oxygens (including phenoxy) is 1. The Morgan fingerprint density at radius 1 is 1.27 bits per heavy atom. The standard InChI is InChI=1S/C13H16O2/c1-9-3-8-12(14)13(9)10-4-6-11(15-2)7-5-10/h4-7,9,13H,3,8H2,1-2H3/t9-,13-/m0/s1. The van der Waals surface area contributed by atoms with Crippen LogP contribution in [0.15, 0.2) is 24.3 Å². The molecule has 0 radical (unpaired) electrons. The zero-order valence-corrected chi connectivity index (χ0v) is 9.19. The lowest BCUT2D eigenvalue weighted by Crippen LogP contribution is -2.09. The number of benzene rings is 1. The summed E-state index contributed by atoms with van der Waals surface area (Å²) in [5, 5.41) is 0. The molecule has 0 amide bonds. The Hall–Kier alpha value is -1.31. The molecule has 1 saturated carbocycles. The summed E-state index contributed by atoms with van der Waals surface area (Å²) >= 11 is 0. The van der Waals surface area contributed by atoms with E-state index in [1.54, 1.807) is 7.11 Å². The van der Waals surface area contributed by atoms with Gasteiger partial charge in [0.1, 0.15) is 11.5 Å². The maximum Gasteiger partial charge on any atom is 0.140 e. The summed E-state index contributed by atoms with van der Waals surface area (Å²) in [5.41, 5.74) is 1.13. The highest BCUT2D eigenvalue weighted by Gasteiger charge is 2.32. The molecule has 1 aliphatic carbocycles. The fraction of sp³-hybridized carbons (Fsp3) is 0.462. The first-order valence-corrected chi connectivity index (χ1v) is 5.39. The second-order valence-corrected chi connectivity index (χ2v) is 4.23. The Morgan fingerprint density at radius 3 is 2.40 bits per heavy atom. The number of carbonyl (C=O) groups is 1. The van der Waals surface area contributed by atoms with E-state index in [4.69, 9.17) is 4.74 Å². The van der Waals surface area contributed by atoms with E-state index in [1.165, 1.54) is 0 Å². The lowest BCUT2D eigenvalue weighted by atomic mass is 9.90. The third kappa shape index (κ3) is 1.89. The Bertz CT molecular complexity index is 353. The fourth-order valence-corrected chi connectivity index (χ4v) is 2.34. The van der Waals surface area contributed by atoms with Crippen molar-refractivity contribution >= 4 is 5.78 Å². The topological polar surface area (TPSA) is 26.3 Å². The second kappa shape index (κ2) is 4.05. The van der Waals surface area contributed by atoms with Gasteiger partial charge in [0.25, 0.3) is 0 Å². The van der Waals surface area contributed by atoms with Gasteiger partial charge in [0.2, 0.25) is 0 Å². The number of methoxy groups -OCH3 is 1. The third-order valence-corrected chi connectivity index (χ3v) is 3.24. The number of Topliss-reactive ketones (excluding diaryl/α,β-unsaturated/α-hetero) is 1. The average molecular weight is 204 g/mol. The molecular weight excluding hydrogens is 188 g/mol. The molecule has 0 bridgehead atoms. The van der Waals surface area contributed by atoms with Crippen molar-refractivity contribution in [2.75, 3.05) is 7.11 Å². The maximum absolute atomic E-state index is 11.7. The lowest BCUT2D eigenvalue weighted by Gasteiger charge is -2.14. The van der Waals surface area contributed by atoms with Crippen LogP contribution in [0.25, 0.3) is 0 Å². The third-order valence-electron chi connectivity index (χ3n) is 3.24. The van der Waals surface area contributed by atoms with Crippen molar-refractivity contribution < 1.29 is 9.53 Å². The van der Waals surface area contributed by atoms with Gasteiger partial charge in [-0.15, -0.1) is 0 Å². The highest BCUT2D eigenvalue weighted by atomic mass is 16.5. The van der Waals surface area contributed by atoms with Gasteiger partial charge in [-0.3, -0.25) is 4.79 Å². The van der Waals surface area contributed by atoms with Crippen LogP contribution in [-0.4, -0.2) is 12.9 Å². The van der Waals surface area contributed by atoms with E-state index >= 15 is 0 Å². The molecule has 1 fully saturated rings. The van der Waals surface area contributed by atoms with Crippen LogP contribution in [0.1, 0.15) is 31.2 Å².